The summed E-state index contributed by atoms with van der Waals surface area (Å²) >= 11 is 1.13. The van der Waals surface area contributed by atoms with Crippen LogP contribution in [0, 0.1) is 11.3 Å². The molecule has 0 aliphatic heterocycles. The molecule has 0 atom stereocenters. The highest BCUT2D eigenvalue weighted by atomic mass is 32.1. The van der Waals surface area contributed by atoms with Crippen molar-refractivity contribution < 1.29 is 22.7 Å². The summed E-state index contributed by atoms with van der Waals surface area (Å²) in [5.41, 5.74) is 0.246. The number of unbranched alkanes of at least 4 members (excludes halogenated alkanes) is 1. The summed E-state index contributed by atoms with van der Waals surface area (Å²) in [5.74, 6) is -0.0556. The lowest BCUT2D eigenvalue weighted by atomic mass is 10.1. The molecule has 5 nitrogen and oxygen atoms in total. The minimum Gasteiger partial charge on any atom is -0.493 e. The number of amides is 1. The number of halogens is 3. The Bertz CT molecular complexity index is 1210. The molecule has 1 N–H and O–H groups in total. The summed E-state index contributed by atoms with van der Waals surface area (Å²) in [6.45, 7) is 2.58. The molecule has 34 heavy (non-hydrogen) atoms. The maximum Gasteiger partial charge on any atom is 0.416 e. The summed E-state index contributed by atoms with van der Waals surface area (Å²) < 4.78 is 44.5. The normalized spacial score (nSPS) is 11.7. The van der Waals surface area contributed by atoms with Crippen LogP contribution in [0.4, 0.5) is 18.3 Å². The molecule has 1 aromatic heterocycles. The molecule has 0 spiro atoms. The van der Waals surface area contributed by atoms with E-state index >= 15 is 0 Å². The molecule has 1 heterocycles. The van der Waals surface area contributed by atoms with Gasteiger partial charge < -0.3 is 4.74 Å². The van der Waals surface area contributed by atoms with Crippen LogP contribution in [0.5, 0.6) is 5.75 Å². The molecule has 0 saturated heterocycles. The Morgan fingerprint density at radius 3 is 2.76 bits per heavy atom. The largest absolute Gasteiger partial charge is 0.493 e. The van der Waals surface area contributed by atoms with Gasteiger partial charge in [0.15, 0.2) is 5.13 Å². The van der Waals surface area contributed by atoms with Crippen LogP contribution in [-0.2, 0) is 17.4 Å². The first kappa shape index (κ1) is 25.0. The monoisotopic (exact) mass is 485 g/mol. The fraction of sp³-hybridized carbons (Fsp3) is 0.240. The zero-order valence-corrected chi connectivity index (χ0v) is 19.2. The standard InChI is InChI=1S/C25H22F3N3O2S/c1-2-3-11-33-22-10-5-4-8-18(22)14-19(15-29)23(32)31-24-30-16-21(34-24)13-17-7-6-9-20(12-17)25(26,27)28/h4-10,12,14,16H,2-3,11,13H2,1H3,(H,30,31,32). The van der Waals surface area contributed by atoms with Crippen LogP contribution in [0.1, 0.15) is 41.3 Å². The fourth-order valence-corrected chi connectivity index (χ4v) is 3.87. The molecule has 0 aliphatic rings. The van der Waals surface area contributed by atoms with Crippen LogP contribution < -0.4 is 10.1 Å². The van der Waals surface area contributed by atoms with Crippen LogP contribution in [0.2, 0.25) is 0 Å². The van der Waals surface area contributed by atoms with E-state index in [0.717, 1.165) is 36.3 Å². The van der Waals surface area contributed by atoms with Crippen molar-refractivity contribution in [3.63, 3.8) is 0 Å². The van der Waals surface area contributed by atoms with Crippen molar-refractivity contribution in [2.24, 2.45) is 0 Å². The Labute approximate surface area is 199 Å². The number of nitrogens with zero attached hydrogens (tertiary/aromatic N) is 2. The molecule has 0 fully saturated rings. The fourth-order valence-electron chi connectivity index (χ4n) is 3.03. The molecule has 0 unspecified atom stereocenters. The molecule has 0 aliphatic carbocycles. The molecular weight excluding hydrogens is 463 g/mol. The van der Waals surface area contributed by atoms with Crippen molar-refractivity contribution in [3.05, 3.63) is 81.9 Å². The van der Waals surface area contributed by atoms with E-state index in [0.29, 0.717) is 28.4 Å². The van der Waals surface area contributed by atoms with Gasteiger partial charge in [0.1, 0.15) is 17.4 Å². The number of alkyl halides is 3. The minimum absolute atomic E-state index is 0.124. The Balaban J connectivity index is 1.70. The molecule has 9 heteroatoms. The van der Waals surface area contributed by atoms with Crippen molar-refractivity contribution in [1.29, 1.82) is 5.26 Å². The molecule has 0 bridgehead atoms. The van der Waals surface area contributed by atoms with Gasteiger partial charge in [-0.25, -0.2) is 4.98 Å². The van der Waals surface area contributed by atoms with Crippen molar-refractivity contribution in [2.75, 3.05) is 11.9 Å². The summed E-state index contributed by atoms with van der Waals surface area (Å²) in [7, 11) is 0. The van der Waals surface area contributed by atoms with Crippen LogP contribution in [0.25, 0.3) is 6.08 Å². The predicted molar refractivity (Wildman–Crippen MR) is 125 cm³/mol. The van der Waals surface area contributed by atoms with Crippen molar-refractivity contribution >= 4 is 28.5 Å². The summed E-state index contributed by atoms with van der Waals surface area (Å²) in [5, 5.41) is 12.3. The maximum absolute atomic E-state index is 12.9. The van der Waals surface area contributed by atoms with Gasteiger partial charge in [-0.05, 0) is 30.2 Å². The maximum atomic E-state index is 12.9. The first-order chi connectivity index (χ1) is 16.3. The highest BCUT2D eigenvalue weighted by molar-refractivity contribution is 7.15. The van der Waals surface area contributed by atoms with Crippen LogP contribution in [0.3, 0.4) is 0 Å². The van der Waals surface area contributed by atoms with Crippen LogP contribution in [-0.4, -0.2) is 17.5 Å². The summed E-state index contributed by atoms with van der Waals surface area (Å²) in [4.78, 5) is 17.4. The van der Waals surface area contributed by atoms with Crippen molar-refractivity contribution in [1.82, 2.24) is 4.98 Å². The van der Waals surface area contributed by atoms with E-state index in [4.69, 9.17) is 4.74 Å². The quantitative estimate of drug-likeness (QED) is 0.214. The van der Waals surface area contributed by atoms with Gasteiger partial charge in [-0.2, -0.15) is 18.4 Å². The number of benzene rings is 2. The Hall–Kier alpha value is -3.64. The number of ether oxygens (including phenoxy) is 1. The zero-order chi connectivity index (χ0) is 24.6. The third kappa shape index (κ3) is 6.93. The number of nitriles is 1. The second kappa shape index (κ2) is 11.5. The first-order valence-electron chi connectivity index (χ1n) is 10.6. The van der Waals surface area contributed by atoms with Gasteiger partial charge in [-0.15, -0.1) is 11.3 Å². The Morgan fingerprint density at radius 2 is 2.03 bits per heavy atom. The molecule has 176 valence electrons. The van der Waals surface area contributed by atoms with Gasteiger partial charge in [0.2, 0.25) is 0 Å². The molecule has 2 aromatic carbocycles. The van der Waals surface area contributed by atoms with E-state index < -0.39 is 17.6 Å². The van der Waals surface area contributed by atoms with Gasteiger partial charge in [-0.3, -0.25) is 10.1 Å². The molecule has 1 amide bonds. The average Bonchev–Trinajstić information content (AvgIpc) is 3.24. The van der Waals surface area contributed by atoms with E-state index in [-0.39, 0.29) is 17.1 Å². The smallest absolute Gasteiger partial charge is 0.416 e. The number of para-hydroxylation sites is 1. The van der Waals surface area contributed by atoms with E-state index in [1.807, 2.05) is 12.1 Å². The number of anilines is 1. The third-order valence-electron chi connectivity index (χ3n) is 4.75. The topological polar surface area (TPSA) is 75.0 Å². The molecule has 3 aromatic rings. The lowest BCUT2D eigenvalue weighted by Gasteiger charge is -2.09. The Morgan fingerprint density at radius 1 is 1.24 bits per heavy atom. The van der Waals surface area contributed by atoms with Crippen molar-refractivity contribution in [3.8, 4) is 11.8 Å². The third-order valence-corrected chi connectivity index (χ3v) is 5.66. The lowest BCUT2D eigenvalue weighted by molar-refractivity contribution is -0.137. The highest BCUT2D eigenvalue weighted by Crippen LogP contribution is 2.31. The number of nitrogens with one attached hydrogen (secondary N) is 1. The second-order valence-electron chi connectivity index (χ2n) is 7.37. The average molecular weight is 486 g/mol. The summed E-state index contributed by atoms with van der Waals surface area (Å²) in [6, 6.07) is 14.1. The predicted octanol–water partition coefficient (Wildman–Crippen LogP) is 6.48. The van der Waals surface area contributed by atoms with E-state index in [2.05, 4.69) is 17.2 Å². The number of hydrogen-bond acceptors (Lipinski definition) is 5. The van der Waals surface area contributed by atoms with Gasteiger partial charge in [-0.1, -0.05) is 49.7 Å². The number of hydrogen-bond donors (Lipinski definition) is 1. The van der Waals surface area contributed by atoms with E-state index in [9.17, 15) is 23.2 Å². The Kier molecular flexibility index (Phi) is 8.44. The van der Waals surface area contributed by atoms with Gasteiger partial charge in [0.05, 0.1) is 12.2 Å². The van der Waals surface area contributed by atoms with Gasteiger partial charge in [0.25, 0.3) is 5.91 Å². The second-order valence-corrected chi connectivity index (χ2v) is 8.49. The number of aromatic nitrogens is 1. The van der Waals surface area contributed by atoms with Crippen LogP contribution in [0.15, 0.2) is 60.3 Å². The number of carbonyl (C=O) groups excluding carboxylic acids is 1. The molecule has 0 radical (unpaired) electrons. The number of thiazole rings is 1. The van der Waals surface area contributed by atoms with E-state index in [1.54, 1.807) is 24.3 Å². The highest BCUT2D eigenvalue weighted by Gasteiger charge is 2.30. The molecule has 3 rings (SSSR count). The molecule has 0 saturated carbocycles. The number of rotatable bonds is 9. The van der Waals surface area contributed by atoms with Gasteiger partial charge >= 0.3 is 6.18 Å². The SMILES string of the molecule is CCCCOc1ccccc1C=C(C#N)C(=O)Nc1ncc(Cc2cccc(C(F)(F)F)c2)s1. The van der Waals surface area contributed by atoms with E-state index in [1.165, 1.54) is 18.3 Å². The summed E-state index contributed by atoms with van der Waals surface area (Å²) in [6.07, 6.45) is 0.633. The van der Waals surface area contributed by atoms with Crippen LogP contribution >= 0.6 is 11.3 Å². The minimum atomic E-state index is -4.41. The number of carbonyl (C=O) groups is 1. The van der Waals surface area contributed by atoms with Gasteiger partial charge in [0, 0.05) is 23.1 Å². The van der Waals surface area contributed by atoms with Crippen molar-refractivity contribution in [2.45, 2.75) is 32.4 Å². The first-order valence-corrected chi connectivity index (χ1v) is 11.4. The molecular formula is C25H22F3N3O2S. The zero-order valence-electron chi connectivity index (χ0n) is 18.4. The lowest BCUT2D eigenvalue weighted by Crippen LogP contribution is -2.13.